The molecule has 0 radical (unpaired) electrons. The van der Waals surface area contributed by atoms with Crippen LogP contribution in [-0.2, 0) is 11.3 Å². The van der Waals surface area contributed by atoms with Crippen molar-refractivity contribution < 1.29 is 13.6 Å². The molecular weight excluding hydrogens is 349 g/mol. The highest BCUT2D eigenvalue weighted by Crippen LogP contribution is 2.18. The Morgan fingerprint density at radius 2 is 1.89 bits per heavy atom. The minimum Gasteiger partial charge on any atom is -0.388 e. The Morgan fingerprint density at radius 1 is 1.19 bits per heavy atom. The number of benzene rings is 2. The van der Waals surface area contributed by atoms with Crippen LogP contribution in [0, 0.1) is 5.82 Å². The number of amides is 1. The van der Waals surface area contributed by atoms with Gasteiger partial charge in [0.25, 0.3) is 0 Å². The number of carbonyl (C=O) groups excluding carboxylic acids is 1. The molecule has 2 aromatic carbocycles. The van der Waals surface area contributed by atoms with Gasteiger partial charge in [0.05, 0.1) is 6.04 Å². The van der Waals surface area contributed by atoms with E-state index in [9.17, 15) is 14.0 Å². The van der Waals surface area contributed by atoms with Crippen molar-refractivity contribution in [3.05, 3.63) is 76.5 Å². The van der Waals surface area contributed by atoms with Crippen LogP contribution in [0.15, 0.2) is 63.8 Å². The maximum Gasteiger partial charge on any atom is 0.437 e. The molecule has 1 aromatic heterocycles. The van der Waals surface area contributed by atoms with E-state index in [2.05, 4.69) is 10.4 Å². The zero-order valence-corrected chi connectivity index (χ0v) is 14.9. The number of rotatable bonds is 7. The molecule has 6 nitrogen and oxygen atoms in total. The van der Waals surface area contributed by atoms with E-state index in [0.717, 1.165) is 23.1 Å². The van der Waals surface area contributed by atoms with Crippen molar-refractivity contribution in [1.29, 1.82) is 0 Å². The zero-order valence-electron chi connectivity index (χ0n) is 14.9. The predicted octanol–water partition coefficient (Wildman–Crippen LogP) is 3.30. The molecule has 140 valence electrons. The number of aromatic nitrogens is 2. The number of carbonyl (C=O) groups is 1. The van der Waals surface area contributed by atoms with Crippen LogP contribution >= 0.6 is 0 Å². The molecule has 0 saturated carbocycles. The van der Waals surface area contributed by atoms with Gasteiger partial charge in [0.2, 0.25) is 11.8 Å². The third-order valence-electron chi connectivity index (χ3n) is 4.11. The summed E-state index contributed by atoms with van der Waals surface area (Å²) in [5.74, 6) is -1.43. The molecule has 1 amide bonds. The molecule has 1 heterocycles. The first kappa shape index (κ1) is 18.6. The summed E-state index contributed by atoms with van der Waals surface area (Å²) in [6, 6.07) is 14.9. The van der Waals surface area contributed by atoms with Crippen molar-refractivity contribution in [2.24, 2.45) is 0 Å². The molecule has 0 aliphatic rings. The molecule has 0 aliphatic heterocycles. The standard InChI is InChI=1S/C20H20FN3O3/c1-2-6-17(14-7-4-3-5-8-14)22-18(25)13-24-20(26)27-19(23-24)15-9-11-16(21)12-10-15/h3-5,7-12,17H,2,6,13H2,1H3,(H,22,25)/t17-/m1/s1. The fraction of sp³-hybridized carbons (Fsp3) is 0.250. The van der Waals surface area contributed by atoms with Gasteiger partial charge >= 0.3 is 5.76 Å². The summed E-state index contributed by atoms with van der Waals surface area (Å²) in [5, 5.41) is 6.97. The minimum atomic E-state index is -0.740. The Morgan fingerprint density at radius 3 is 2.56 bits per heavy atom. The molecule has 27 heavy (non-hydrogen) atoms. The van der Waals surface area contributed by atoms with Crippen LogP contribution in [0.4, 0.5) is 4.39 Å². The number of halogens is 1. The summed E-state index contributed by atoms with van der Waals surface area (Å²) >= 11 is 0. The first-order valence-corrected chi connectivity index (χ1v) is 8.75. The van der Waals surface area contributed by atoms with Gasteiger partial charge in [-0.05, 0) is 36.2 Å². The fourth-order valence-electron chi connectivity index (χ4n) is 2.79. The molecule has 0 aliphatic carbocycles. The second kappa shape index (κ2) is 8.44. The molecule has 1 atom stereocenters. The van der Waals surface area contributed by atoms with Gasteiger partial charge < -0.3 is 9.73 Å². The zero-order chi connectivity index (χ0) is 19.2. The van der Waals surface area contributed by atoms with Crippen molar-refractivity contribution in [2.75, 3.05) is 0 Å². The van der Waals surface area contributed by atoms with Crippen molar-refractivity contribution in [2.45, 2.75) is 32.4 Å². The normalized spacial score (nSPS) is 11.9. The Bertz CT molecular complexity index is 949. The van der Waals surface area contributed by atoms with Gasteiger partial charge in [-0.1, -0.05) is 43.7 Å². The van der Waals surface area contributed by atoms with Crippen LogP contribution in [0.25, 0.3) is 11.5 Å². The second-order valence-electron chi connectivity index (χ2n) is 6.16. The lowest BCUT2D eigenvalue weighted by Crippen LogP contribution is -2.34. The Balaban J connectivity index is 1.72. The highest BCUT2D eigenvalue weighted by molar-refractivity contribution is 5.76. The third kappa shape index (κ3) is 4.69. The molecule has 0 saturated heterocycles. The van der Waals surface area contributed by atoms with Crippen molar-refractivity contribution >= 4 is 5.91 Å². The van der Waals surface area contributed by atoms with Gasteiger partial charge in [-0.3, -0.25) is 4.79 Å². The van der Waals surface area contributed by atoms with Crippen LogP contribution in [0.1, 0.15) is 31.4 Å². The summed E-state index contributed by atoms with van der Waals surface area (Å²) < 4.78 is 19.0. The number of nitrogens with one attached hydrogen (secondary N) is 1. The van der Waals surface area contributed by atoms with Crippen molar-refractivity contribution in [3.63, 3.8) is 0 Å². The molecule has 0 unspecified atom stereocenters. The molecule has 3 aromatic rings. The maximum atomic E-state index is 13.0. The highest BCUT2D eigenvalue weighted by Gasteiger charge is 2.17. The van der Waals surface area contributed by atoms with E-state index in [1.807, 2.05) is 37.3 Å². The second-order valence-corrected chi connectivity index (χ2v) is 6.16. The van der Waals surface area contributed by atoms with Crippen LogP contribution in [0.2, 0.25) is 0 Å². The predicted molar refractivity (Wildman–Crippen MR) is 98.4 cm³/mol. The van der Waals surface area contributed by atoms with Crippen LogP contribution < -0.4 is 11.1 Å². The van der Waals surface area contributed by atoms with Gasteiger partial charge in [-0.15, -0.1) is 5.10 Å². The Labute approximate surface area is 155 Å². The highest BCUT2D eigenvalue weighted by atomic mass is 19.1. The summed E-state index contributed by atoms with van der Waals surface area (Å²) in [7, 11) is 0. The monoisotopic (exact) mass is 369 g/mol. The number of hydrogen-bond donors (Lipinski definition) is 1. The average molecular weight is 369 g/mol. The summed E-state index contributed by atoms with van der Waals surface area (Å²) in [6.07, 6.45) is 1.68. The van der Waals surface area contributed by atoms with Gasteiger partial charge in [0.1, 0.15) is 12.4 Å². The number of hydrogen-bond acceptors (Lipinski definition) is 4. The van der Waals surface area contributed by atoms with Crippen LogP contribution in [0.3, 0.4) is 0 Å². The topological polar surface area (TPSA) is 77.1 Å². The largest absolute Gasteiger partial charge is 0.437 e. The van der Waals surface area contributed by atoms with E-state index in [-0.39, 0.29) is 24.4 Å². The van der Waals surface area contributed by atoms with E-state index in [1.54, 1.807) is 0 Å². The smallest absolute Gasteiger partial charge is 0.388 e. The Kier molecular flexibility index (Phi) is 5.80. The van der Waals surface area contributed by atoms with Crippen molar-refractivity contribution in [1.82, 2.24) is 15.1 Å². The first-order valence-electron chi connectivity index (χ1n) is 8.75. The molecule has 0 fully saturated rings. The molecule has 0 spiro atoms. The summed E-state index contributed by atoms with van der Waals surface area (Å²) in [4.78, 5) is 24.4. The SMILES string of the molecule is CCC[C@@H](NC(=O)Cn1nc(-c2ccc(F)cc2)oc1=O)c1ccccc1. The Hall–Kier alpha value is -3.22. The molecular formula is C20H20FN3O3. The van der Waals surface area contributed by atoms with Gasteiger partial charge in [0.15, 0.2) is 0 Å². The molecule has 0 bridgehead atoms. The van der Waals surface area contributed by atoms with Gasteiger partial charge in [-0.2, -0.15) is 4.68 Å². The van der Waals surface area contributed by atoms with Gasteiger partial charge in [0, 0.05) is 5.56 Å². The van der Waals surface area contributed by atoms with E-state index in [4.69, 9.17) is 4.42 Å². The average Bonchev–Trinajstić information content (AvgIpc) is 3.03. The van der Waals surface area contributed by atoms with Gasteiger partial charge in [-0.25, -0.2) is 9.18 Å². The molecule has 7 heteroatoms. The van der Waals surface area contributed by atoms with E-state index in [0.29, 0.717) is 5.56 Å². The lowest BCUT2D eigenvalue weighted by atomic mass is 10.0. The lowest BCUT2D eigenvalue weighted by molar-refractivity contribution is -0.122. The molecule has 1 N–H and O–H groups in total. The van der Waals surface area contributed by atoms with E-state index >= 15 is 0 Å². The lowest BCUT2D eigenvalue weighted by Gasteiger charge is -2.18. The first-order chi connectivity index (χ1) is 13.1. The third-order valence-corrected chi connectivity index (χ3v) is 4.11. The van der Waals surface area contributed by atoms with E-state index in [1.165, 1.54) is 24.3 Å². The molecule has 3 rings (SSSR count). The quantitative estimate of drug-likeness (QED) is 0.693. The minimum absolute atomic E-state index is 0.0426. The van der Waals surface area contributed by atoms with Crippen LogP contribution in [-0.4, -0.2) is 15.7 Å². The van der Waals surface area contributed by atoms with E-state index < -0.39 is 11.6 Å². The maximum absolute atomic E-state index is 13.0. The van der Waals surface area contributed by atoms with Crippen LogP contribution in [0.5, 0.6) is 0 Å². The fourth-order valence-corrected chi connectivity index (χ4v) is 2.79. The summed E-state index contributed by atoms with van der Waals surface area (Å²) in [5.41, 5.74) is 1.47. The summed E-state index contributed by atoms with van der Waals surface area (Å²) in [6.45, 7) is 1.79. The van der Waals surface area contributed by atoms with Crippen molar-refractivity contribution in [3.8, 4) is 11.5 Å². The number of nitrogens with zero attached hydrogens (tertiary/aromatic N) is 2.